The summed E-state index contributed by atoms with van der Waals surface area (Å²) in [4.78, 5) is 15.7. The molecular formula is C16H19BrN4O. The quantitative estimate of drug-likeness (QED) is 0.775. The Labute approximate surface area is 138 Å². The molecule has 6 rings (SSSR count). The van der Waals surface area contributed by atoms with Gasteiger partial charge >= 0.3 is 0 Å². The molecule has 0 amide bonds. The fourth-order valence-corrected chi connectivity index (χ4v) is 5.36. The van der Waals surface area contributed by atoms with Gasteiger partial charge in [-0.05, 0) is 37.8 Å². The van der Waals surface area contributed by atoms with E-state index in [0.29, 0.717) is 11.7 Å². The van der Waals surface area contributed by atoms with Crippen LogP contribution in [0, 0.1) is 17.8 Å². The molecule has 3 fully saturated rings. The SMILES string of the molecule is O=C1C2=CN(Br)Cc3[nH]nc(c32)C[C@@H]1C1CN2CCC1CC2. The van der Waals surface area contributed by atoms with E-state index in [1.54, 1.807) is 0 Å². The van der Waals surface area contributed by atoms with E-state index in [9.17, 15) is 4.79 Å². The van der Waals surface area contributed by atoms with E-state index in [1.165, 1.54) is 25.9 Å². The molecule has 5 nitrogen and oxygen atoms in total. The third-order valence-electron chi connectivity index (χ3n) is 6.00. The fourth-order valence-electron chi connectivity index (χ4n) is 4.90. The summed E-state index contributed by atoms with van der Waals surface area (Å²) in [6.45, 7) is 4.28. The van der Waals surface area contributed by atoms with Gasteiger partial charge in [-0.2, -0.15) is 5.10 Å². The molecule has 0 spiro atoms. The van der Waals surface area contributed by atoms with Crippen molar-refractivity contribution < 1.29 is 4.79 Å². The minimum atomic E-state index is 0.113. The minimum Gasteiger partial charge on any atom is -0.309 e. The molecule has 22 heavy (non-hydrogen) atoms. The molecule has 2 bridgehead atoms. The number of carbonyl (C=O) groups excluding carboxylic acids is 1. The number of fused-ring (bicyclic) bond motifs is 3. The van der Waals surface area contributed by atoms with Gasteiger partial charge in [0.15, 0.2) is 5.78 Å². The predicted octanol–water partition coefficient (Wildman–Crippen LogP) is 1.96. The summed E-state index contributed by atoms with van der Waals surface area (Å²) >= 11 is 3.50. The van der Waals surface area contributed by atoms with E-state index in [2.05, 4.69) is 31.2 Å². The highest BCUT2D eigenvalue weighted by Gasteiger charge is 2.46. The van der Waals surface area contributed by atoms with Crippen LogP contribution in [0.5, 0.6) is 0 Å². The zero-order valence-electron chi connectivity index (χ0n) is 12.4. The van der Waals surface area contributed by atoms with Crippen LogP contribution in [-0.4, -0.2) is 44.4 Å². The van der Waals surface area contributed by atoms with Crippen molar-refractivity contribution in [3.05, 3.63) is 23.2 Å². The number of allylic oxidation sites excluding steroid dienone is 1. The first-order valence-corrected chi connectivity index (χ1v) is 8.89. The number of piperidine rings is 3. The first kappa shape index (κ1) is 13.3. The minimum absolute atomic E-state index is 0.113. The van der Waals surface area contributed by atoms with Crippen molar-refractivity contribution >= 4 is 27.5 Å². The number of hydrogen-bond donors (Lipinski definition) is 1. The Balaban J connectivity index is 1.54. The van der Waals surface area contributed by atoms with E-state index in [-0.39, 0.29) is 5.92 Å². The number of Topliss-reactive ketones (excluding diaryl/α,β-unsaturated/α-hetero) is 1. The van der Waals surface area contributed by atoms with Crippen molar-refractivity contribution in [3.8, 4) is 0 Å². The Hall–Kier alpha value is -1.14. The first-order valence-electron chi connectivity index (χ1n) is 8.18. The number of hydrogen-bond acceptors (Lipinski definition) is 4. The number of aromatic amines is 1. The van der Waals surface area contributed by atoms with Crippen LogP contribution in [0.15, 0.2) is 6.20 Å². The molecular weight excluding hydrogens is 344 g/mol. The maximum atomic E-state index is 13.1. The Morgan fingerprint density at radius 1 is 1.32 bits per heavy atom. The molecule has 1 aliphatic carbocycles. The third kappa shape index (κ3) is 1.80. The summed E-state index contributed by atoms with van der Waals surface area (Å²) in [7, 11) is 0. The van der Waals surface area contributed by atoms with Gasteiger partial charge < -0.3 is 8.83 Å². The molecule has 0 radical (unpaired) electrons. The molecule has 5 aliphatic rings. The Morgan fingerprint density at radius 2 is 2.14 bits per heavy atom. The highest BCUT2D eigenvalue weighted by Crippen LogP contribution is 2.44. The van der Waals surface area contributed by atoms with E-state index < -0.39 is 0 Å². The lowest BCUT2D eigenvalue weighted by molar-refractivity contribution is -0.122. The highest BCUT2D eigenvalue weighted by atomic mass is 79.9. The summed E-state index contributed by atoms with van der Waals surface area (Å²) in [5.41, 5.74) is 4.10. The van der Waals surface area contributed by atoms with Crippen LogP contribution >= 0.6 is 16.1 Å². The summed E-state index contributed by atoms with van der Waals surface area (Å²) in [5, 5.41) is 7.65. The molecule has 6 heteroatoms. The standard InChI is InChI=1S/C16H19BrN4O/c17-21-7-12-15-13(18-19-14(15)8-21)5-10(16(12)22)11-6-20-3-1-9(11)2-4-20/h7,9-11H,1-6,8H2,(H,18,19)/t10-,11?/m1/s1. The Bertz CT molecular complexity index is 674. The maximum absolute atomic E-state index is 13.1. The second kappa shape index (κ2) is 4.68. The molecule has 1 N–H and O–H groups in total. The van der Waals surface area contributed by atoms with E-state index >= 15 is 0 Å². The molecule has 2 atom stereocenters. The lowest BCUT2D eigenvalue weighted by Gasteiger charge is -2.48. The van der Waals surface area contributed by atoms with Crippen LogP contribution in [0.4, 0.5) is 0 Å². The number of rotatable bonds is 1. The van der Waals surface area contributed by atoms with Crippen molar-refractivity contribution in [2.24, 2.45) is 17.8 Å². The summed E-state index contributed by atoms with van der Waals surface area (Å²) in [5.74, 6) is 1.68. The third-order valence-corrected chi connectivity index (χ3v) is 6.46. The fraction of sp³-hybridized carbons (Fsp3) is 0.625. The number of ketones is 1. The number of carbonyl (C=O) groups is 1. The average Bonchev–Trinajstić information content (AvgIpc) is 2.95. The zero-order chi connectivity index (χ0) is 14.8. The molecule has 4 aliphatic heterocycles. The number of nitrogens with one attached hydrogen (secondary N) is 1. The second-order valence-electron chi connectivity index (χ2n) is 7.10. The molecule has 0 aromatic carbocycles. The van der Waals surface area contributed by atoms with Gasteiger partial charge in [-0.25, -0.2) is 0 Å². The van der Waals surface area contributed by atoms with Gasteiger partial charge in [0.05, 0.1) is 17.9 Å². The van der Waals surface area contributed by atoms with Crippen molar-refractivity contribution in [3.63, 3.8) is 0 Å². The zero-order valence-corrected chi connectivity index (χ0v) is 14.0. The lowest BCUT2D eigenvalue weighted by atomic mass is 9.66. The van der Waals surface area contributed by atoms with Gasteiger partial charge in [-0.15, -0.1) is 0 Å². The Kier molecular flexibility index (Phi) is 2.83. The van der Waals surface area contributed by atoms with Crippen LogP contribution < -0.4 is 0 Å². The Morgan fingerprint density at radius 3 is 2.86 bits per heavy atom. The van der Waals surface area contributed by atoms with Gasteiger partial charge in [-0.1, -0.05) is 0 Å². The number of aromatic nitrogens is 2. The van der Waals surface area contributed by atoms with Gasteiger partial charge in [0.1, 0.15) is 0 Å². The predicted molar refractivity (Wildman–Crippen MR) is 85.9 cm³/mol. The van der Waals surface area contributed by atoms with Crippen molar-refractivity contribution in [2.45, 2.75) is 25.8 Å². The molecule has 3 saturated heterocycles. The van der Waals surface area contributed by atoms with E-state index in [4.69, 9.17) is 0 Å². The van der Waals surface area contributed by atoms with Crippen LogP contribution in [0.2, 0.25) is 0 Å². The van der Waals surface area contributed by atoms with Crippen LogP contribution in [-0.2, 0) is 17.8 Å². The van der Waals surface area contributed by atoms with Crippen LogP contribution in [0.3, 0.4) is 0 Å². The molecule has 5 heterocycles. The van der Waals surface area contributed by atoms with E-state index in [1.807, 2.05) is 10.1 Å². The van der Waals surface area contributed by atoms with Crippen molar-refractivity contribution in [2.75, 3.05) is 19.6 Å². The first-order chi connectivity index (χ1) is 10.7. The topological polar surface area (TPSA) is 52.2 Å². The van der Waals surface area contributed by atoms with Gasteiger partial charge in [-0.3, -0.25) is 9.89 Å². The molecule has 116 valence electrons. The second-order valence-corrected chi connectivity index (χ2v) is 8.01. The van der Waals surface area contributed by atoms with Gasteiger partial charge in [0.2, 0.25) is 0 Å². The molecule has 1 aromatic rings. The van der Waals surface area contributed by atoms with Crippen LogP contribution in [0.25, 0.3) is 5.57 Å². The maximum Gasteiger partial charge on any atom is 0.168 e. The summed E-state index contributed by atoms with van der Waals surface area (Å²) < 4.78 is 1.91. The van der Waals surface area contributed by atoms with Gasteiger partial charge in [0, 0.05) is 52.4 Å². The van der Waals surface area contributed by atoms with Crippen molar-refractivity contribution in [1.82, 2.24) is 19.0 Å². The molecule has 1 aromatic heterocycles. The number of nitrogens with zero attached hydrogens (tertiary/aromatic N) is 3. The van der Waals surface area contributed by atoms with Crippen LogP contribution in [0.1, 0.15) is 29.8 Å². The smallest absolute Gasteiger partial charge is 0.168 e. The highest BCUT2D eigenvalue weighted by molar-refractivity contribution is 9.07. The largest absolute Gasteiger partial charge is 0.309 e. The molecule has 1 unspecified atom stereocenters. The summed E-state index contributed by atoms with van der Waals surface area (Å²) in [6, 6.07) is 0. The lowest BCUT2D eigenvalue weighted by Crippen LogP contribution is -2.52. The van der Waals surface area contributed by atoms with Crippen molar-refractivity contribution in [1.29, 1.82) is 0 Å². The number of H-pyrrole nitrogens is 1. The average molecular weight is 363 g/mol. The number of halogens is 1. The van der Waals surface area contributed by atoms with E-state index in [0.717, 1.165) is 48.0 Å². The monoisotopic (exact) mass is 362 g/mol. The van der Waals surface area contributed by atoms with Gasteiger partial charge in [0.25, 0.3) is 0 Å². The normalized spacial score (nSPS) is 36.3. The molecule has 0 saturated carbocycles. The summed E-state index contributed by atoms with van der Waals surface area (Å²) in [6.07, 6.45) is 5.30.